The van der Waals surface area contributed by atoms with Crippen molar-refractivity contribution in [3.8, 4) is 0 Å². The number of hydrogen-bond acceptors (Lipinski definition) is 3. The molecule has 1 aliphatic carbocycles. The van der Waals surface area contributed by atoms with Gasteiger partial charge in [0.05, 0.1) is 23.8 Å². The Hall–Kier alpha value is -1.22. The first kappa shape index (κ1) is 21.1. The van der Waals surface area contributed by atoms with Crippen LogP contribution < -0.4 is 5.32 Å². The second-order valence-corrected chi connectivity index (χ2v) is 7.71. The molecule has 0 atom stereocenters. The maximum Gasteiger partial charge on any atom is 0.194 e. The van der Waals surface area contributed by atoms with Crippen LogP contribution in [-0.4, -0.2) is 36.0 Å². The van der Waals surface area contributed by atoms with Gasteiger partial charge in [-0.3, -0.25) is 4.99 Å². The molecule has 0 aliphatic heterocycles. The molecule has 1 fully saturated rings. The maximum atomic E-state index is 14.2. The minimum atomic E-state index is -0.135. The lowest BCUT2D eigenvalue weighted by Crippen LogP contribution is -2.39. The van der Waals surface area contributed by atoms with Gasteiger partial charge in [0.15, 0.2) is 5.96 Å². The molecule has 26 heavy (non-hydrogen) atoms. The summed E-state index contributed by atoms with van der Waals surface area (Å²) in [6, 6.07) is 7.09. The summed E-state index contributed by atoms with van der Waals surface area (Å²) in [5, 5.41) is 6.49. The third kappa shape index (κ3) is 4.94. The fraction of sp³-hybridized carbons (Fsp3) is 0.474. The number of rotatable bonds is 6. The normalized spacial score (nSPS) is 15.3. The molecule has 1 aromatic heterocycles. The molecule has 0 radical (unpaired) electrons. The molecule has 0 spiro atoms. The summed E-state index contributed by atoms with van der Waals surface area (Å²) in [6.07, 6.45) is 1.98. The van der Waals surface area contributed by atoms with Gasteiger partial charge in [-0.15, -0.1) is 35.3 Å². The first-order valence-electron chi connectivity index (χ1n) is 8.69. The van der Waals surface area contributed by atoms with Crippen LogP contribution in [0.2, 0.25) is 0 Å². The van der Waals surface area contributed by atoms with E-state index < -0.39 is 0 Å². The number of halogens is 2. The van der Waals surface area contributed by atoms with E-state index >= 15 is 0 Å². The number of aryl methyl sites for hydroxylation is 1. The van der Waals surface area contributed by atoms with Crippen LogP contribution in [0.1, 0.15) is 36.0 Å². The van der Waals surface area contributed by atoms with E-state index in [0.717, 1.165) is 41.6 Å². The Balaban J connectivity index is 0.00000243. The summed E-state index contributed by atoms with van der Waals surface area (Å²) >= 11 is 1.66. The number of benzene rings is 1. The number of hydrogen-bond donors (Lipinski definition) is 1. The molecule has 3 rings (SSSR count). The van der Waals surface area contributed by atoms with Crippen LogP contribution in [0.3, 0.4) is 0 Å². The molecule has 1 saturated carbocycles. The Morgan fingerprint density at radius 1 is 1.38 bits per heavy atom. The van der Waals surface area contributed by atoms with E-state index in [1.54, 1.807) is 23.5 Å². The number of aliphatic imine (C=N–C) groups is 1. The lowest BCUT2D eigenvalue weighted by molar-refractivity contribution is 0.468. The van der Waals surface area contributed by atoms with Crippen molar-refractivity contribution in [1.29, 1.82) is 0 Å². The lowest BCUT2D eigenvalue weighted by atomic mass is 9.95. The largest absolute Gasteiger partial charge is 0.357 e. The molecule has 0 amide bonds. The molecule has 1 aliphatic rings. The van der Waals surface area contributed by atoms with Gasteiger partial charge in [-0.2, -0.15) is 0 Å². The number of aromatic nitrogens is 1. The highest BCUT2D eigenvalue weighted by Gasteiger charge is 2.45. The van der Waals surface area contributed by atoms with Crippen LogP contribution in [0.25, 0.3) is 0 Å². The predicted molar refractivity (Wildman–Crippen MR) is 117 cm³/mol. The van der Waals surface area contributed by atoms with Gasteiger partial charge in [-0.25, -0.2) is 9.37 Å². The van der Waals surface area contributed by atoms with Gasteiger partial charge in [0, 0.05) is 24.4 Å². The molecule has 1 aromatic carbocycles. The fourth-order valence-electron chi connectivity index (χ4n) is 3.05. The standard InChI is InChI=1S/C19H25FN4S.HI/c1-4-21-18(24(3)11-15-12-25-14(2)23-15)22-13-19(9-10-19)16-7-5-6-8-17(16)20;/h5-8,12H,4,9-11,13H2,1-3H3,(H,21,22);1H. The zero-order valence-corrected chi connectivity index (χ0v) is 18.6. The van der Waals surface area contributed by atoms with Crippen molar-refractivity contribution in [2.75, 3.05) is 20.1 Å². The molecule has 142 valence electrons. The molecule has 2 aromatic rings. The zero-order chi connectivity index (χ0) is 17.9. The van der Waals surface area contributed by atoms with Gasteiger partial charge in [0.1, 0.15) is 5.82 Å². The summed E-state index contributed by atoms with van der Waals surface area (Å²) in [5.41, 5.74) is 1.71. The van der Waals surface area contributed by atoms with Gasteiger partial charge < -0.3 is 10.2 Å². The summed E-state index contributed by atoms with van der Waals surface area (Å²) in [5.74, 6) is 0.724. The molecule has 4 nitrogen and oxygen atoms in total. The van der Waals surface area contributed by atoms with E-state index in [0.29, 0.717) is 13.1 Å². The Morgan fingerprint density at radius 2 is 2.12 bits per heavy atom. The van der Waals surface area contributed by atoms with Gasteiger partial charge >= 0.3 is 0 Å². The molecule has 1 N–H and O–H groups in total. The Morgan fingerprint density at radius 3 is 2.69 bits per heavy atom. The second-order valence-electron chi connectivity index (χ2n) is 6.64. The van der Waals surface area contributed by atoms with E-state index in [2.05, 4.69) is 27.5 Å². The first-order valence-corrected chi connectivity index (χ1v) is 9.57. The van der Waals surface area contributed by atoms with Crippen molar-refractivity contribution < 1.29 is 4.39 Å². The molecule has 1 heterocycles. The maximum absolute atomic E-state index is 14.2. The molecular weight excluding hydrogens is 462 g/mol. The second kappa shape index (κ2) is 9.12. The minimum Gasteiger partial charge on any atom is -0.357 e. The number of nitrogens with one attached hydrogen (secondary N) is 1. The lowest BCUT2D eigenvalue weighted by Gasteiger charge is -2.22. The third-order valence-electron chi connectivity index (χ3n) is 4.59. The highest BCUT2D eigenvalue weighted by Crippen LogP contribution is 2.49. The topological polar surface area (TPSA) is 40.5 Å². The Kier molecular flexibility index (Phi) is 7.40. The third-order valence-corrected chi connectivity index (χ3v) is 5.41. The van der Waals surface area contributed by atoms with Crippen molar-refractivity contribution >= 4 is 41.3 Å². The van der Waals surface area contributed by atoms with Crippen LogP contribution in [-0.2, 0) is 12.0 Å². The van der Waals surface area contributed by atoms with E-state index in [-0.39, 0.29) is 35.2 Å². The fourth-order valence-corrected chi connectivity index (χ4v) is 3.65. The highest BCUT2D eigenvalue weighted by atomic mass is 127. The van der Waals surface area contributed by atoms with E-state index in [4.69, 9.17) is 4.99 Å². The van der Waals surface area contributed by atoms with Crippen LogP contribution in [0.15, 0.2) is 34.6 Å². The average Bonchev–Trinajstić information content (AvgIpc) is 3.27. The Bertz CT molecular complexity index is 758. The summed E-state index contributed by atoms with van der Waals surface area (Å²) in [4.78, 5) is 11.4. The average molecular weight is 488 g/mol. The Labute approximate surface area is 176 Å². The van der Waals surface area contributed by atoms with Crippen LogP contribution >= 0.6 is 35.3 Å². The van der Waals surface area contributed by atoms with Crippen molar-refractivity contribution in [3.05, 3.63) is 51.7 Å². The zero-order valence-electron chi connectivity index (χ0n) is 15.5. The van der Waals surface area contributed by atoms with Crippen molar-refractivity contribution in [1.82, 2.24) is 15.2 Å². The van der Waals surface area contributed by atoms with Crippen LogP contribution in [0.5, 0.6) is 0 Å². The monoisotopic (exact) mass is 488 g/mol. The van der Waals surface area contributed by atoms with Crippen molar-refractivity contribution in [3.63, 3.8) is 0 Å². The SMILES string of the molecule is CCNC(=NCC1(c2ccccc2F)CC1)N(C)Cc1csc(C)n1.I. The van der Waals surface area contributed by atoms with Crippen molar-refractivity contribution in [2.45, 2.75) is 38.6 Å². The van der Waals surface area contributed by atoms with Gasteiger partial charge in [-0.05, 0) is 38.3 Å². The molecule has 7 heteroatoms. The van der Waals surface area contributed by atoms with E-state index in [1.165, 1.54) is 0 Å². The number of guanidine groups is 1. The van der Waals surface area contributed by atoms with E-state index in [9.17, 15) is 4.39 Å². The summed E-state index contributed by atoms with van der Waals surface area (Å²) in [6.45, 7) is 6.18. The molecule has 0 bridgehead atoms. The minimum absolute atomic E-state index is 0. The quantitative estimate of drug-likeness (QED) is 0.374. The van der Waals surface area contributed by atoms with Gasteiger partial charge in [0.25, 0.3) is 0 Å². The van der Waals surface area contributed by atoms with Crippen LogP contribution in [0.4, 0.5) is 4.39 Å². The summed E-state index contributed by atoms with van der Waals surface area (Å²) in [7, 11) is 2.01. The smallest absolute Gasteiger partial charge is 0.194 e. The van der Waals surface area contributed by atoms with Crippen LogP contribution in [0, 0.1) is 12.7 Å². The molecule has 0 saturated heterocycles. The highest BCUT2D eigenvalue weighted by molar-refractivity contribution is 14.0. The van der Waals surface area contributed by atoms with Crippen molar-refractivity contribution in [2.24, 2.45) is 4.99 Å². The van der Waals surface area contributed by atoms with Gasteiger partial charge in [0.2, 0.25) is 0 Å². The molecular formula is C19H26FIN4S. The first-order chi connectivity index (χ1) is 12.0. The summed E-state index contributed by atoms with van der Waals surface area (Å²) < 4.78 is 14.2. The van der Waals surface area contributed by atoms with E-state index in [1.807, 2.05) is 26.1 Å². The van der Waals surface area contributed by atoms with Gasteiger partial charge in [-0.1, -0.05) is 18.2 Å². The number of thiazole rings is 1. The number of nitrogens with zero attached hydrogens (tertiary/aromatic N) is 3. The molecule has 0 unspecified atom stereocenters. The predicted octanol–water partition coefficient (Wildman–Crippen LogP) is 4.34.